The third-order valence-corrected chi connectivity index (χ3v) is 7.09. The third-order valence-electron chi connectivity index (χ3n) is 3.77. The molecule has 2 saturated heterocycles. The highest BCUT2D eigenvalue weighted by Gasteiger charge is 2.35. The van der Waals surface area contributed by atoms with Gasteiger partial charge in [0.25, 0.3) is 10.0 Å². The van der Waals surface area contributed by atoms with Gasteiger partial charge in [0.1, 0.15) is 15.2 Å². The molecule has 1 aromatic rings. The molecule has 2 fully saturated rings. The molecule has 2 atom stereocenters. The molecule has 3 heterocycles. The predicted octanol–water partition coefficient (Wildman–Crippen LogP) is 1.13. The van der Waals surface area contributed by atoms with Crippen molar-refractivity contribution in [1.82, 2.24) is 9.62 Å². The zero-order valence-electron chi connectivity index (χ0n) is 10.4. The number of hydrogen-bond acceptors (Lipinski definition) is 5. The lowest BCUT2D eigenvalue weighted by atomic mass is 10.1. The molecule has 0 amide bonds. The maximum Gasteiger partial charge on any atom is 0.252 e. The first-order valence-corrected chi connectivity index (χ1v) is 8.61. The standard InChI is InChI=1S/C12H15N3O2S2/c13-7-11-3-4-12(18-11)19(16,17)15-6-5-9-1-2-10(8-15)14-9/h3-4,9-10,14H,1-2,5-6,8H2. The number of sulfonamides is 1. The smallest absolute Gasteiger partial charge is 0.252 e. The quantitative estimate of drug-likeness (QED) is 0.888. The summed E-state index contributed by atoms with van der Waals surface area (Å²) in [7, 11) is -3.44. The molecule has 0 radical (unpaired) electrons. The molecule has 102 valence electrons. The van der Waals surface area contributed by atoms with E-state index in [1.54, 1.807) is 10.4 Å². The van der Waals surface area contributed by atoms with E-state index in [0.717, 1.165) is 30.6 Å². The minimum atomic E-state index is -3.44. The molecule has 7 heteroatoms. The maximum atomic E-state index is 12.5. The van der Waals surface area contributed by atoms with Gasteiger partial charge >= 0.3 is 0 Å². The van der Waals surface area contributed by atoms with Crippen LogP contribution < -0.4 is 5.32 Å². The summed E-state index contributed by atoms with van der Waals surface area (Å²) in [5.41, 5.74) is 0. The van der Waals surface area contributed by atoms with Gasteiger partial charge in [-0.25, -0.2) is 8.42 Å². The molecule has 1 N–H and O–H groups in total. The van der Waals surface area contributed by atoms with Gasteiger partial charge in [-0.15, -0.1) is 11.3 Å². The zero-order chi connectivity index (χ0) is 13.5. The number of thiophene rings is 1. The van der Waals surface area contributed by atoms with E-state index in [9.17, 15) is 8.42 Å². The summed E-state index contributed by atoms with van der Waals surface area (Å²) in [6.45, 7) is 1.11. The third kappa shape index (κ3) is 2.41. The second-order valence-corrected chi connectivity index (χ2v) is 8.27. The summed E-state index contributed by atoms with van der Waals surface area (Å²) in [6.07, 6.45) is 3.06. The Morgan fingerprint density at radius 2 is 2.11 bits per heavy atom. The number of nitriles is 1. The first-order chi connectivity index (χ1) is 9.09. The van der Waals surface area contributed by atoms with Crippen molar-refractivity contribution in [1.29, 1.82) is 5.26 Å². The Balaban J connectivity index is 1.86. The molecule has 0 aliphatic carbocycles. The average molecular weight is 297 g/mol. The molecule has 3 rings (SSSR count). The largest absolute Gasteiger partial charge is 0.310 e. The fourth-order valence-electron chi connectivity index (χ4n) is 2.78. The lowest BCUT2D eigenvalue weighted by molar-refractivity contribution is 0.384. The number of fused-ring (bicyclic) bond motifs is 2. The molecule has 2 aliphatic heterocycles. The number of nitrogens with zero attached hydrogens (tertiary/aromatic N) is 2. The van der Waals surface area contributed by atoms with Crippen molar-refractivity contribution >= 4 is 21.4 Å². The highest BCUT2D eigenvalue weighted by molar-refractivity contribution is 7.91. The van der Waals surface area contributed by atoms with Crippen LogP contribution in [0.1, 0.15) is 24.1 Å². The van der Waals surface area contributed by atoms with E-state index < -0.39 is 10.0 Å². The fourth-order valence-corrected chi connectivity index (χ4v) is 5.53. The van der Waals surface area contributed by atoms with E-state index in [4.69, 9.17) is 5.26 Å². The summed E-state index contributed by atoms with van der Waals surface area (Å²) < 4.78 is 26.9. The molecule has 0 saturated carbocycles. The Hall–Kier alpha value is -0.940. The summed E-state index contributed by atoms with van der Waals surface area (Å²) in [4.78, 5) is 0.438. The van der Waals surface area contributed by atoms with Gasteiger partial charge in [0.15, 0.2) is 0 Å². The highest BCUT2D eigenvalue weighted by Crippen LogP contribution is 2.28. The molecule has 19 heavy (non-hydrogen) atoms. The SMILES string of the molecule is N#Cc1ccc(S(=O)(=O)N2CCC3CCC(C2)N3)s1. The number of nitrogens with one attached hydrogen (secondary N) is 1. The Morgan fingerprint density at radius 1 is 1.32 bits per heavy atom. The summed E-state index contributed by atoms with van der Waals surface area (Å²) in [5.74, 6) is 0. The van der Waals surface area contributed by atoms with E-state index in [1.165, 1.54) is 6.07 Å². The van der Waals surface area contributed by atoms with Gasteiger partial charge in [0, 0.05) is 25.2 Å². The van der Waals surface area contributed by atoms with Crippen LogP contribution in [0.4, 0.5) is 0 Å². The number of hydrogen-bond donors (Lipinski definition) is 1. The summed E-state index contributed by atoms with van der Waals surface area (Å²) in [6, 6.07) is 5.83. The van der Waals surface area contributed by atoms with Crippen LogP contribution in [0.25, 0.3) is 0 Å². The van der Waals surface area contributed by atoms with E-state index in [2.05, 4.69) is 5.32 Å². The molecule has 2 unspecified atom stereocenters. The minimum absolute atomic E-state index is 0.276. The van der Waals surface area contributed by atoms with Crippen molar-refractivity contribution in [2.45, 2.75) is 35.6 Å². The van der Waals surface area contributed by atoms with Gasteiger partial charge in [-0.2, -0.15) is 9.57 Å². The lowest BCUT2D eigenvalue weighted by Crippen LogP contribution is -2.38. The summed E-state index contributed by atoms with van der Waals surface area (Å²) in [5, 5.41) is 12.3. The van der Waals surface area contributed by atoms with Gasteiger partial charge < -0.3 is 5.32 Å². The van der Waals surface area contributed by atoms with Gasteiger partial charge in [0.05, 0.1) is 0 Å². The van der Waals surface area contributed by atoms with Crippen molar-refractivity contribution in [2.24, 2.45) is 0 Å². The minimum Gasteiger partial charge on any atom is -0.310 e. The molecule has 1 aromatic heterocycles. The Bertz CT molecular complexity index is 617. The molecule has 2 bridgehead atoms. The van der Waals surface area contributed by atoms with Crippen LogP contribution in [0.3, 0.4) is 0 Å². The molecular weight excluding hydrogens is 282 g/mol. The van der Waals surface area contributed by atoms with E-state index >= 15 is 0 Å². The van der Waals surface area contributed by atoms with Crippen LogP contribution in [0.5, 0.6) is 0 Å². The molecular formula is C12H15N3O2S2. The predicted molar refractivity (Wildman–Crippen MR) is 72.4 cm³/mol. The van der Waals surface area contributed by atoms with Crippen LogP contribution in [-0.4, -0.2) is 37.9 Å². The van der Waals surface area contributed by atoms with Gasteiger partial charge in [0.2, 0.25) is 0 Å². The Morgan fingerprint density at radius 3 is 2.84 bits per heavy atom. The van der Waals surface area contributed by atoms with E-state index in [1.807, 2.05) is 6.07 Å². The van der Waals surface area contributed by atoms with Crippen LogP contribution in [0, 0.1) is 11.3 Å². The Labute approximate surface area is 116 Å². The highest BCUT2D eigenvalue weighted by atomic mass is 32.2. The zero-order valence-corrected chi connectivity index (χ0v) is 12.0. The molecule has 2 aliphatic rings. The molecule has 0 aromatic carbocycles. The average Bonchev–Trinajstić information content (AvgIpc) is 2.95. The lowest BCUT2D eigenvalue weighted by Gasteiger charge is -2.22. The van der Waals surface area contributed by atoms with Crippen molar-refractivity contribution in [3.8, 4) is 6.07 Å². The van der Waals surface area contributed by atoms with Crippen LogP contribution in [-0.2, 0) is 10.0 Å². The second kappa shape index (κ2) is 4.87. The Kier molecular flexibility index (Phi) is 3.35. The van der Waals surface area contributed by atoms with Crippen LogP contribution in [0.2, 0.25) is 0 Å². The van der Waals surface area contributed by atoms with Crippen molar-refractivity contribution in [3.05, 3.63) is 17.0 Å². The second-order valence-electron chi connectivity index (χ2n) is 5.02. The molecule has 5 nitrogen and oxygen atoms in total. The maximum absolute atomic E-state index is 12.5. The van der Waals surface area contributed by atoms with E-state index in [0.29, 0.717) is 24.0 Å². The fraction of sp³-hybridized carbons (Fsp3) is 0.583. The van der Waals surface area contributed by atoms with Crippen molar-refractivity contribution in [2.75, 3.05) is 13.1 Å². The monoisotopic (exact) mass is 297 g/mol. The van der Waals surface area contributed by atoms with E-state index in [-0.39, 0.29) is 10.3 Å². The van der Waals surface area contributed by atoms with Gasteiger partial charge in [-0.05, 0) is 31.4 Å². The normalized spacial score (nSPS) is 27.9. The topological polar surface area (TPSA) is 73.2 Å². The van der Waals surface area contributed by atoms with Crippen molar-refractivity contribution < 1.29 is 8.42 Å². The van der Waals surface area contributed by atoms with Gasteiger partial charge in [-0.1, -0.05) is 0 Å². The van der Waals surface area contributed by atoms with Crippen LogP contribution >= 0.6 is 11.3 Å². The first-order valence-electron chi connectivity index (χ1n) is 6.36. The summed E-state index contributed by atoms with van der Waals surface area (Å²) >= 11 is 1.05. The molecule has 0 spiro atoms. The number of rotatable bonds is 2. The van der Waals surface area contributed by atoms with Crippen molar-refractivity contribution in [3.63, 3.8) is 0 Å². The van der Waals surface area contributed by atoms with Crippen LogP contribution in [0.15, 0.2) is 16.3 Å². The van der Waals surface area contributed by atoms with Gasteiger partial charge in [-0.3, -0.25) is 0 Å². The first kappa shape index (κ1) is 13.1.